The van der Waals surface area contributed by atoms with Crippen molar-refractivity contribution in [2.75, 3.05) is 26.2 Å². The molecule has 2 saturated carbocycles. The molecule has 4 fully saturated rings. The van der Waals surface area contributed by atoms with Crippen LogP contribution in [0, 0.1) is 23.7 Å². The Balaban J connectivity index is 1.22. The van der Waals surface area contributed by atoms with Gasteiger partial charge in [0.1, 0.15) is 0 Å². The van der Waals surface area contributed by atoms with E-state index in [9.17, 15) is 9.59 Å². The number of likely N-dealkylation sites (tertiary alicyclic amines) is 2. The van der Waals surface area contributed by atoms with E-state index < -0.39 is 0 Å². The summed E-state index contributed by atoms with van der Waals surface area (Å²) in [6.45, 7) is 3.74. The van der Waals surface area contributed by atoms with Crippen molar-refractivity contribution >= 4 is 11.8 Å². The number of nitrogens with zero attached hydrogens (tertiary/aromatic N) is 2. The predicted octanol–water partition coefficient (Wildman–Crippen LogP) is 3.84. The van der Waals surface area contributed by atoms with E-state index in [2.05, 4.69) is 9.80 Å². The van der Waals surface area contributed by atoms with Crippen molar-refractivity contribution in [3.8, 4) is 0 Å². The number of fused-ring (bicyclic) bond motifs is 2. The molecule has 0 aromatic rings. The first-order chi connectivity index (χ1) is 12.7. The van der Waals surface area contributed by atoms with Gasteiger partial charge >= 0.3 is 0 Å². The number of carbonyl (C=O) groups excluding carboxylic acids is 2. The molecule has 0 aromatic carbocycles. The summed E-state index contributed by atoms with van der Waals surface area (Å²) in [7, 11) is 0. The molecule has 2 aliphatic heterocycles. The molecule has 2 heterocycles. The van der Waals surface area contributed by atoms with Crippen LogP contribution in [0.2, 0.25) is 0 Å². The highest BCUT2D eigenvalue weighted by Crippen LogP contribution is 2.37. The van der Waals surface area contributed by atoms with E-state index >= 15 is 0 Å². The van der Waals surface area contributed by atoms with Gasteiger partial charge in [0.05, 0.1) is 0 Å². The molecule has 4 heteroatoms. The molecule has 0 radical (unpaired) electrons. The zero-order valence-corrected chi connectivity index (χ0v) is 16.3. The first-order valence-corrected chi connectivity index (χ1v) is 11.3. The van der Waals surface area contributed by atoms with Crippen LogP contribution in [-0.2, 0) is 9.59 Å². The molecule has 0 N–H and O–H groups in total. The van der Waals surface area contributed by atoms with Crippen molar-refractivity contribution in [3.05, 3.63) is 0 Å². The molecule has 0 bridgehead atoms. The lowest BCUT2D eigenvalue weighted by Crippen LogP contribution is -2.46. The Morgan fingerprint density at radius 3 is 1.38 bits per heavy atom. The van der Waals surface area contributed by atoms with Crippen molar-refractivity contribution in [3.63, 3.8) is 0 Å². The lowest BCUT2D eigenvalue weighted by atomic mass is 9.75. The van der Waals surface area contributed by atoms with Crippen molar-refractivity contribution in [1.82, 2.24) is 9.80 Å². The Bertz CT molecular complexity index is 474. The summed E-state index contributed by atoms with van der Waals surface area (Å²) in [5.41, 5.74) is 0. The van der Waals surface area contributed by atoms with E-state index in [0.29, 0.717) is 12.8 Å². The molecule has 146 valence electrons. The van der Waals surface area contributed by atoms with Crippen LogP contribution in [-0.4, -0.2) is 47.8 Å². The zero-order valence-electron chi connectivity index (χ0n) is 16.3. The minimum Gasteiger partial charge on any atom is -0.342 e. The summed E-state index contributed by atoms with van der Waals surface area (Å²) in [6, 6.07) is 0. The quantitative estimate of drug-likeness (QED) is 0.767. The molecule has 4 aliphatic rings. The average Bonchev–Trinajstić information content (AvgIpc) is 2.71. The number of rotatable bonds is 3. The summed E-state index contributed by atoms with van der Waals surface area (Å²) in [6.07, 6.45) is 13.9. The van der Waals surface area contributed by atoms with Gasteiger partial charge in [-0.1, -0.05) is 38.5 Å². The van der Waals surface area contributed by atoms with E-state index in [1.807, 2.05) is 0 Å². The molecular weight excluding hydrogens is 324 g/mol. The van der Waals surface area contributed by atoms with Crippen LogP contribution in [0.15, 0.2) is 0 Å². The van der Waals surface area contributed by atoms with Crippen LogP contribution in [0.3, 0.4) is 0 Å². The minimum atomic E-state index is 0.218. The SMILES string of the molecule is O=C(CCC(=O)N1CCC2CCCCC2C1)N1CCC2CCCCC2C1. The van der Waals surface area contributed by atoms with Gasteiger partial charge in [0.25, 0.3) is 0 Å². The first-order valence-electron chi connectivity index (χ1n) is 11.3. The molecule has 4 unspecified atom stereocenters. The Labute approximate surface area is 158 Å². The van der Waals surface area contributed by atoms with Gasteiger partial charge in [-0.3, -0.25) is 9.59 Å². The van der Waals surface area contributed by atoms with E-state index in [4.69, 9.17) is 0 Å². The molecule has 0 spiro atoms. The molecule has 0 aromatic heterocycles. The predicted molar refractivity (Wildman–Crippen MR) is 103 cm³/mol. The molecule has 2 aliphatic carbocycles. The van der Waals surface area contributed by atoms with Crippen LogP contribution >= 0.6 is 0 Å². The number of piperidine rings is 2. The molecular formula is C22H36N2O2. The lowest BCUT2D eigenvalue weighted by molar-refractivity contribution is -0.140. The molecule has 4 rings (SSSR count). The van der Waals surface area contributed by atoms with Gasteiger partial charge in [-0.15, -0.1) is 0 Å². The number of carbonyl (C=O) groups is 2. The highest BCUT2D eigenvalue weighted by molar-refractivity contribution is 5.84. The van der Waals surface area contributed by atoms with Crippen LogP contribution in [0.25, 0.3) is 0 Å². The van der Waals surface area contributed by atoms with Gasteiger partial charge in [-0.2, -0.15) is 0 Å². The standard InChI is InChI=1S/C22H36N2O2/c25-21(23-13-11-17-5-1-3-7-19(17)15-23)9-10-22(26)24-14-12-18-6-2-4-8-20(18)16-24/h17-20H,1-16H2. The maximum atomic E-state index is 12.6. The van der Waals surface area contributed by atoms with Gasteiger partial charge in [-0.05, 0) is 49.4 Å². The van der Waals surface area contributed by atoms with E-state index in [1.165, 1.54) is 64.2 Å². The van der Waals surface area contributed by atoms with Crippen LogP contribution < -0.4 is 0 Å². The third-order valence-electron chi connectivity index (χ3n) is 7.84. The largest absolute Gasteiger partial charge is 0.342 e. The first kappa shape index (κ1) is 18.3. The fraction of sp³-hybridized carbons (Fsp3) is 0.909. The number of amides is 2. The number of hydrogen-bond acceptors (Lipinski definition) is 2. The van der Waals surface area contributed by atoms with Crippen molar-refractivity contribution in [2.24, 2.45) is 23.7 Å². The van der Waals surface area contributed by atoms with E-state index in [1.54, 1.807) is 0 Å². The van der Waals surface area contributed by atoms with Crippen LogP contribution in [0.5, 0.6) is 0 Å². The Hall–Kier alpha value is -1.06. The van der Waals surface area contributed by atoms with Crippen molar-refractivity contribution in [2.45, 2.75) is 77.0 Å². The third kappa shape index (κ3) is 4.09. The summed E-state index contributed by atoms with van der Waals surface area (Å²) in [5, 5.41) is 0. The Morgan fingerprint density at radius 1 is 0.577 bits per heavy atom. The van der Waals surface area contributed by atoms with Crippen LogP contribution in [0.4, 0.5) is 0 Å². The number of hydrogen-bond donors (Lipinski definition) is 0. The fourth-order valence-corrected chi connectivity index (χ4v) is 6.18. The Kier molecular flexibility index (Phi) is 5.85. The van der Waals surface area contributed by atoms with E-state index in [-0.39, 0.29) is 11.8 Å². The lowest BCUT2D eigenvalue weighted by Gasteiger charge is -2.42. The maximum absolute atomic E-state index is 12.6. The zero-order chi connectivity index (χ0) is 17.9. The average molecular weight is 361 g/mol. The second-order valence-corrected chi connectivity index (χ2v) is 9.37. The fourth-order valence-electron chi connectivity index (χ4n) is 6.18. The molecule has 26 heavy (non-hydrogen) atoms. The van der Waals surface area contributed by atoms with E-state index in [0.717, 1.165) is 49.9 Å². The minimum absolute atomic E-state index is 0.218. The monoisotopic (exact) mass is 360 g/mol. The normalized spacial score (nSPS) is 34.8. The summed E-state index contributed by atoms with van der Waals surface area (Å²) in [5.74, 6) is 3.59. The molecule has 2 saturated heterocycles. The van der Waals surface area contributed by atoms with Gasteiger partial charge in [-0.25, -0.2) is 0 Å². The Morgan fingerprint density at radius 2 is 0.962 bits per heavy atom. The van der Waals surface area contributed by atoms with Gasteiger partial charge < -0.3 is 9.80 Å². The second-order valence-electron chi connectivity index (χ2n) is 9.37. The highest BCUT2D eigenvalue weighted by Gasteiger charge is 2.34. The van der Waals surface area contributed by atoms with Crippen molar-refractivity contribution < 1.29 is 9.59 Å². The highest BCUT2D eigenvalue weighted by atomic mass is 16.2. The third-order valence-corrected chi connectivity index (χ3v) is 7.84. The van der Waals surface area contributed by atoms with Gasteiger partial charge in [0.2, 0.25) is 11.8 Å². The summed E-state index contributed by atoms with van der Waals surface area (Å²) >= 11 is 0. The molecule has 4 nitrogen and oxygen atoms in total. The summed E-state index contributed by atoms with van der Waals surface area (Å²) < 4.78 is 0. The van der Waals surface area contributed by atoms with Gasteiger partial charge in [0, 0.05) is 39.0 Å². The molecule has 2 amide bonds. The van der Waals surface area contributed by atoms with Crippen LogP contribution in [0.1, 0.15) is 77.0 Å². The van der Waals surface area contributed by atoms with Crippen molar-refractivity contribution in [1.29, 1.82) is 0 Å². The maximum Gasteiger partial charge on any atom is 0.223 e. The van der Waals surface area contributed by atoms with Gasteiger partial charge in [0.15, 0.2) is 0 Å². The second kappa shape index (κ2) is 8.31. The molecule has 4 atom stereocenters. The topological polar surface area (TPSA) is 40.6 Å². The smallest absolute Gasteiger partial charge is 0.223 e. The summed E-state index contributed by atoms with van der Waals surface area (Å²) in [4.78, 5) is 29.4.